The van der Waals surface area contributed by atoms with Gasteiger partial charge in [0, 0.05) is 6.54 Å². The molecule has 4 N–H and O–H groups in total. The molecule has 0 saturated carbocycles. The first kappa shape index (κ1) is 9.45. The third-order valence-corrected chi connectivity index (χ3v) is 2.06. The van der Waals surface area contributed by atoms with Crippen molar-refractivity contribution in [3.8, 4) is 11.5 Å². The van der Waals surface area contributed by atoms with Gasteiger partial charge in [-0.1, -0.05) is 23.2 Å². The van der Waals surface area contributed by atoms with Gasteiger partial charge in [-0.25, -0.2) is 0 Å². The third kappa shape index (κ3) is 1.43. The van der Waals surface area contributed by atoms with Gasteiger partial charge < -0.3 is 15.9 Å². The van der Waals surface area contributed by atoms with Crippen molar-refractivity contribution >= 4 is 23.2 Å². The van der Waals surface area contributed by atoms with Crippen LogP contribution in [0.2, 0.25) is 10.0 Å². The number of benzene rings is 1. The van der Waals surface area contributed by atoms with E-state index in [0.717, 1.165) is 0 Å². The zero-order valence-corrected chi connectivity index (χ0v) is 7.52. The highest BCUT2D eigenvalue weighted by atomic mass is 35.5. The van der Waals surface area contributed by atoms with Crippen molar-refractivity contribution in [1.29, 1.82) is 0 Å². The van der Waals surface area contributed by atoms with E-state index in [9.17, 15) is 10.2 Å². The first-order valence-electron chi connectivity index (χ1n) is 3.16. The summed E-state index contributed by atoms with van der Waals surface area (Å²) < 4.78 is 0. The Morgan fingerprint density at radius 1 is 1.17 bits per heavy atom. The van der Waals surface area contributed by atoms with E-state index in [1.54, 1.807) is 0 Å². The molecule has 5 heteroatoms. The number of hydrogen-bond donors (Lipinski definition) is 3. The molecule has 66 valence electrons. The third-order valence-electron chi connectivity index (χ3n) is 1.48. The first-order chi connectivity index (χ1) is 5.57. The van der Waals surface area contributed by atoms with Crippen LogP contribution in [-0.4, -0.2) is 10.2 Å². The molecule has 0 aliphatic carbocycles. The van der Waals surface area contributed by atoms with E-state index < -0.39 is 0 Å². The lowest BCUT2D eigenvalue weighted by Crippen LogP contribution is -1.97. The quantitative estimate of drug-likeness (QED) is 0.659. The molecule has 1 rings (SSSR count). The van der Waals surface area contributed by atoms with E-state index in [1.807, 2.05) is 0 Å². The van der Waals surface area contributed by atoms with Gasteiger partial charge in [0.15, 0.2) is 0 Å². The summed E-state index contributed by atoms with van der Waals surface area (Å²) >= 11 is 11.1. The topological polar surface area (TPSA) is 66.5 Å². The molecular formula is C7H7Cl2NO2. The van der Waals surface area contributed by atoms with E-state index in [1.165, 1.54) is 6.07 Å². The Morgan fingerprint density at radius 3 is 1.92 bits per heavy atom. The van der Waals surface area contributed by atoms with E-state index in [4.69, 9.17) is 28.9 Å². The number of rotatable bonds is 1. The highest BCUT2D eigenvalue weighted by Crippen LogP contribution is 2.39. The monoisotopic (exact) mass is 207 g/mol. The predicted octanol–water partition coefficient (Wildman–Crippen LogP) is 1.86. The van der Waals surface area contributed by atoms with Gasteiger partial charge in [-0.3, -0.25) is 0 Å². The van der Waals surface area contributed by atoms with Crippen LogP contribution in [0.3, 0.4) is 0 Å². The van der Waals surface area contributed by atoms with Crippen LogP contribution >= 0.6 is 23.2 Å². The summed E-state index contributed by atoms with van der Waals surface area (Å²) in [4.78, 5) is 0. The number of phenols is 2. The zero-order chi connectivity index (χ0) is 9.30. The number of halogens is 2. The molecule has 0 unspecified atom stereocenters. The van der Waals surface area contributed by atoms with Crippen molar-refractivity contribution in [1.82, 2.24) is 0 Å². The number of phenolic OH excluding ortho intramolecular Hbond substituents is 2. The Bertz CT molecular complexity index is 289. The lowest BCUT2D eigenvalue weighted by Gasteiger charge is -2.07. The molecule has 0 aliphatic rings. The average molecular weight is 208 g/mol. The van der Waals surface area contributed by atoms with Gasteiger partial charge in [0.25, 0.3) is 0 Å². The van der Waals surface area contributed by atoms with Gasteiger partial charge in [-0.2, -0.15) is 0 Å². The van der Waals surface area contributed by atoms with E-state index in [0.29, 0.717) is 0 Å². The molecule has 0 atom stereocenters. The van der Waals surface area contributed by atoms with Crippen LogP contribution in [0.4, 0.5) is 0 Å². The molecule has 1 aromatic carbocycles. The predicted molar refractivity (Wildman–Crippen MR) is 47.7 cm³/mol. The molecule has 1 aromatic rings. The second kappa shape index (κ2) is 3.39. The average Bonchev–Trinajstić information content (AvgIpc) is 2.02. The van der Waals surface area contributed by atoms with Crippen molar-refractivity contribution in [2.45, 2.75) is 6.54 Å². The van der Waals surface area contributed by atoms with E-state index >= 15 is 0 Å². The lowest BCUT2D eigenvalue weighted by atomic mass is 10.2. The number of hydrogen-bond acceptors (Lipinski definition) is 3. The van der Waals surface area contributed by atoms with E-state index in [-0.39, 0.29) is 33.7 Å². The summed E-state index contributed by atoms with van der Waals surface area (Å²) in [5.41, 5.74) is 5.41. The minimum atomic E-state index is -0.221. The van der Waals surface area contributed by atoms with Gasteiger partial charge in [0.2, 0.25) is 0 Å². The van der Waals surface area contributed by atoms with Crippen molar-refractivity contribution in [2.75, 3.05) is 0 Å². The van der Waals surface area contributed by atoms with Crippen LogP contribution in [-0.2, 0) is 6.54 Å². The standard InChI is InChI=1S/C7H7Cl2NO2/c8-4-1-5(9)7(12)3(2-10)6(4)11/h1,11-12H,2,10H2. The summed E-state index contributed by atoms with van der Waals surface area (Å²) in [5, 5.41) is 18.7. The molecule has 12 heavy (non-hydrogen) atoms. The summed E-state index contributed by atoms with van der Waals surface area (Å²) in [6.07, 6.45) is 0. The molecule has 0 amide bonds. The molecule has 0 saturated heterocycles. The van der Waals surface area contributed by atoms with Crippen LogP contribution in [0.25, 0.3) is 0 Å². The van der Waals surface area contributed by atoms with Crippen LogP contribution in [0.5, 0.6) is 11.5 Å². The summed E-state index contributed by atoms with van der Waals surface area (Å²) in [5.74, 6) is -0.442. The number of aromatic hydroxyl groups is 2. The zero-order valence-electron chi connectivity index (χ0n) is 6.01. The Morgan fingerprint density at radius 2 is 1.58 bits per heavy atom. The minimum Gasteiger partial charge on any atom is -0.506 e. The molecule has 0 spiro atoms. The minimum absolute atomic E-state index is 0.0159. The summed E-state index contributed by atoms with van der Waals surface area (Å²) in [6, 6.07) is 1.26. The Balaban J connectivity index is 3.42. The molecule has 0 aromatic heterocycles. The largest absolute Gasteiger partial charge is 0.506 e. The molecular weight excluding hydrogens is 201 g/mol. The maximum absolute atomic E-state index is 9.27. The van der Waals surface area contributed by atoms with Gasteiger partial charge in [-0.05, 0) is 6.07 Å². The Labute approximate surface area is 79.3 Å². The normalized spacial score (nSPS) is 10.2. The Kier molecular flexibility index (Phi) is 2.67. The molecule has 0 aliphatic heterocycles. The summed E-state index contributed by atoms with van der Waals surface area (Å²) in [7, 11) is 0. The highest BCUT2D eigenvalue weighted by molar-refractivity contribution is 6.36. The Hall–Kier alpha value is -0.640. The molecule has 0 fully saturated rings. The molecule has 0 bridgehead atoms. The maximum atomic E-state index is 9.27. The van der Waals surface area contributed by atoms with Gasteiger partial charge in [-0.15, -0.1) is 0 Å². The first-order valence-corrected chi connectivity index (χ1v) is 3.92. The van der Waals surface area contributed by atoms with Crippen LogP contribution in [0, 0.1) is 0 Å². The smallest absolute Gasteiger partial charge is 0.142 e. The fourth-order valence-corrected chi connectivity index (χ4v) is 1.34. The SMILES string of the molecule is NCc1c(O)c(Cl)cc(Cl)c1O. The number of nitrogens with two attached hydrogens (primary N) is 1. The van der Waals surface area contributed by atoms with Crippen LogP contribution in [0.15, 0.2) is 6.07 Å². The second-order valence-corrected chi connectivity index (χ2v) is 3.03. The molecule has 3 nitrogen and oxygen atoms in total. The summed E-state index contributed by atoms with van der Waals surface area (Å²) in [6.45, 7) is -0.0159. The van der Waals surface area contributed by atoms with Gasteiger partial charge >= 0.3 is 0 Å². The van der Waals surface area contributed by atoms with Crippen LogP contribution < -0.4 is 5.73 Å². The molecule has 0 radical (unpaired) electrons. The lowest BCUT2D eigenvalue weighted by molar-refractivity contribution is 0.439. The van der Waals surface area contributed by atoms with Crippen LogP contribution in [0.1, 0.15) is 5.56 Å². The van der Waals surface area contributed by atoms with Crippen molar-refractivity contribution in [2.24, 2.45) is 5.73 Å². The maximum Gasteiger partial charge on any atom is 0.142 e. The highest BCUT2D eigenvalue weighted by Gasteiger charge is 2.13. The van der Waals surface area contributed by atoms with E-state index in [2.05, 4.69) is 0 Å². The van der Waals surface area contributed by atoms with Crippen molar-refractivity contribution < 1.29 is 10.2 Å². The second-order valence-electron chi connectivity index (χ2n) is 2.22. The fourth-order valence-electron chi connectivity index (χ4n) is 0.842. The molecule has 0 heterocycles. The van der Waals surface area contributed by atoms with Gasteiger partial charge in [0.1, 0.15) is 11.5 Å². The van der Waals surface area contributed by atoms with Gasteiger partial charge in [0.05, 0.1) is 15.6 Å². The van der Waals surface area contributed by atoms with Crippen molar-refractivity contribution in [3.63, 3.8) is 0 Å². The van der Waals surface area contributed by atoms with Crippen molar-refractivity contribution in [3.05, 3.63) is 21.7 Å². The fraction of sp³-hybridized carbons (Fsp3) is 0.143.